The Kier molecular flexibility index (Phi) is 10.00. The molecule has 12 nitrogen and oxygen atoms in total. The van der Waals surface area contributed by atoms with E-state index in [0.29, 0.717) is 25.8 Å². The third kappa shape index (κ3) is 7.77. The highest BCUT2D eigenvalue weighted by atomic mass is 16.5. The summed E-state index contributed by atoms with van der Waals surface area (Å²) < 4.78 is 4.95. The number of carbonyl (C=O) groups is 4. The fraction of sp³-hybridized carbons (Fsp3) is 0.433. The van der Waals surface area contributed by atoms with Gasteiger partial charge in [-0.1, -0.05) is 18.6 Å². The zero-order chi connectivity index (χ0) is 30.2. The van der Waals surface area contributed by atoms with Crippen LogP contribution in [0.1, 0.15) is 50.2 Å². The Balaban J connectivity index is 1.69. The van der Waals surface area contributed by atoms with Crippen LogP contribution in [0.15, 0.2) is 36.4 Å². The van der Waals surface area contributed by atoms with Gasteiger partial charge in [0.1, 0.15) is 18.1 Å². The van der Waals surface area contributed by atoms with Crippen molar-refractivity contribution in [2.45, 2.75) is 70.0 Å². The minimum absolute atomic E-state index is 0.201. The van der Waals surface area contributed by atoms with E-state index in [-0.39, 0.29) is 24.7 Å². The van der Waals surface area contributed by atoms with Crippen LogP contribution in [0.5, 0.6) is 0 Å². The third-order valence-electron chi connectivity index (χ3n) is 7.49. The molecule has 224 valence electrons. The molecule has 4 bridgehead atoms. The lowest BCUT2D eigenvalue weighted by Crippen LogP contribution is -2.56. The summed E-state index contributed by atoms with van der Waals surface area (Å²) in [6.45, 7) is 1.65. The van der Waals surface area contributed by atoms with Crippen LogP contribution in [0.4, 0.5) is 0 Å². The van der Waals surface area contributed by atoms with Gasteiger partial charge in [0.2, 0.25) is 17.7 Å². The Morgan fingerprint density at radius 3 is 2.38 bits per heavy atom. The summed E-state index contributed by atoms with van der Waals surface area (Å²) in [6, 6.07) is 9.38. The van der Waals surface area contributed by atoms with Crippen molar-refractivity contribution in [3.8, 4) is 0 Å². The van der Waals surface area contributed by atoms with E-state index in [9.17, 15) is 19.2 Å². The standard InChI is InChI=1S/C30H39N7O5/c1-17(38)34-26-16-19-10-12-23-21(15-19)20-14-18(9-11-22(20)35-23)6-3-4-7-25(29(41)42-2)37-27(39)24(36-28(26)40)8-5-13-33-30(31)32/h9-12,14-15,24-26,35H,3-8,13,16H2,1-2H3,(H,34,38)(H,36,40)(H,37,39)(H4,31,32,33)/t24-,25+,26?/m1/s1. The molecule has 1 aliphatic heterocycles. The molecular formula is C30H39N7O5. The summed E-state index contributed by atoms with van der Waals surface area (Å²) in [4.78, 5) is 55.1. The molecule has 1 aromatic heterocycles. The number of nitrogens with two attached hydrogens (primary N) is 1. The highest BCUT2D eigenvalue weighted by Gasteiger charge is 2.30. The van der Waals surface area contributed by atoms with Crippen LogP contribution >= 0.6 is 0 Å². The van der Waals surface area contributed by atoms with Crippen LogP contribution in [0, 0.1) is 5.41 Å². The van der Waals surface area contributed by atoms with Crippen LogP contribution in [-0.4, -0.2) is 66.4 Å². The maximum absolute atomic E-state index is 13.5. The molecule has 3 atom stereocenters. The fourth-order valence-electron chi connectivity index (χ4n) is 5.38. The summed E-state index contributed by atoms with van der Waals surface area (Å²) in [5.41, 5.74) is 9.35. The van der Waals surface area contributed by atoms with Gasteiger partial charge in [0.05, 0.1) is 7.11 Å². The third-order valence-corrected chi connectivity index (χ3v) is 7.49. The van der Waals surface area contributed by atoms with Crippen molar-refractivity contribution in [3.63, 3.8) is 0 Å². The number of hydrogen-bond donors (Lipinski definition) is 7. The molecule has 3 aromatic rings. The average Bonchev–Trinajstić information content (AvgIpc) is 3.31. The van der Waals surface area contributed by atoms with Crippen molar-refractivity contribution in [2.75, 3.05) is 13.7 Å². The number of methoxy groups -OCH3 is 1. The lowest BCUT2D eigenvalue weighted by Gasteiger charge is -2.25. The van der Waals surface area contributed by atoms with E-state index in [1.54, 1.807) is 0 Å². The molecule has 12 heteroatoms. The molecule has 3 amide bonds. The van der Waals surface area contributed by atoms with Gasteiger partial charge in [-0.15, -0.1) is 0 Å². The van der Waals surface area contributed by atoms with Gasteiger partial charge in [-0.2, -0.15) is 0 Å². The Labute approximate surface area is 244 Å². The number of esters is 1. The first-order valence-corrected chi connectivity index (χ1v) is 14.2. The first-order chi connectivity index (χ1) is 20.1. The first kappa shape index (κ1) is 30.4. The van der Waals surface area contributed by atoms with Crippen molar-refractivity contribution < 1.29 is 23.9 Å². The van der Waals surface area contributed by atoms with Crippen molar-refractivity contribution in [2.24, 2.45) is 5.73 Å². The van der Waals surface area contributed by atoms with E-state index in [2.05, 4.69) is 44.5 Å². The Morgan fingerprint density at radius 2 is 1.71 bits per heavy atom. The molecule has 0 radical (unpaired) electrons. The monoisotopic (exact) mass is 577 g/mol. The van der Waals surface area contributed by atoms with Crippen LogP contribution in [-0.2, 0) is 36.8 Å². The van der Waals surface area contributed by atoms with Gasteiger partial charge in [0, 0.05) is 41.7 Å². The number of nitrogens with one attached hydrogen (secondary N) is 6. The highest BCUT2D eigenvalue weighted by Crippen LogP contribution is 2.28. The van der Waals surface area contributed by atoms with E-state index in [0.717, 1.165) is 45.8 Å². The molecule has 0 fully saturated rings. The van der Waals surface area contributed by atoms with Crippen molar-refractivity contribution in [1.82, 2.24) is 26.3 Å². The molecule has 2 aromatic carbocycles. The minimum atomic E-state index is -1.000. The molecule has 0 saturated carbocycles. The lowest BCUT2D eigenvalue weighted by atomic mass is 9.99. The summed E-state index contributed by atoms with van der Waals surface area (Å²) in [5, 5.41) is 20.4. The first-order valence-electron chi connectivity index (χ1n) is 14.2. The number of amides is 3. The van der Waals surface area contributed by atoms with Gasteiger partial charge in [-0.3, -0.25) is 19.8 Å². The Hall–Kier alpha value is -4.61. The number of aryl methyl sites for hydroxylation is 1. The van der Waals surface area contributed by atoms with Gasteiger partial charge >= 0.3 is 5.97 Å². The normalized spacial score (nSPS) is 20.1. The van der Waals surface area contributed by atoms with Crippen molar-refractivity contribution in [3.05, 3.63) is 47.5 Å². The molecule has 8 N–H and O–H groups in total. The van der Waals surface area contributed by atoms with Gasteiger partial charge in [-0.25, -0.2) is 4.79 Å². The summed E-state index contributed by atoms with van der Waals surface area (Å²) in [7, 11) is 1.27. The quantitative estimate of drug-likeness (QED) is 0.0999. The molecular weight excluding hydrogens is 538 g/mol. The number of rotatable bonds is 6. The predicted molar refractivity (Wildman–Crippen MR) is 160 cm³/mol. The minimum Gasteiger partial charge on any atom is -0.467 e. The maximum Gasteiger partial charge on any atom is 0.328 e. The molecule has 0 aliphatic carbocycles. The number of guanidine groups is 1. The number of hydrogen-bond acceptors (Lipinski definition) is 6. The second-order valence-electron chi connectivity index (χ2n) is 10.7. The predicted octanol–water partition coefficient (Wildman–Crippen LogP) is 1.50. The number of fused-ring (bicyclic) bond motifs is 2. The lowest BCUT2D eigenvalue weighted by molar-refractivity contribution is -0.145. The van der Waals surface area contributed by atoms with E-state index in [4.69, 9.17) is 15.9 Å². The van der Waals surface area contributed by atoms with E-state index in [1.807, 2.05) is 18.2 Å². The summed E-state index contributed by atoms with van der Waals surface area (Å²) in [6.07, 6.45) is 3.47. The fourth-order valence-corrected chi connectivity index (χ4v) is 5.38. The SMILES string of the molecule is COC(=O)[C@@H]1CCCCc2ccc3[nH]c4ccc(cc4c3c2)CC(NC(C)=O)C(=O)N[C@H](CCCNC(=N)N)C(=O)N1. The molecule has 0 spiro atoms. The molecule has 1 aliphatic rings. The summed E-state index contributed by atoms with van der Waals surface area (Å²) >= 11 is 0. The topological polar surface area (TPSA) is 191 Å². The second kappa shape index (κ2) is 13.8. The largest absolute Gasteiger partial charge is 0.467 e. The number of H-pyrrole nitrogens is 1. The second-order valence-corrected chi connectivity index (χ2v) is 10.7. The maximum atomic E-state index is 13.5. The molecule has 0 saturated heterocycles. The molecule has 4 rings (SSSR count). The van der Waals surface area contributed by atoms with E-state index in [1.165, 1.54) is 14.0 Å². The molecule has 1 unspecified atom stereocenters. The number of carbonyl (C=O) groups excluding carboxylic acids is 4. The number of benzene rings is 2. The van der Waals surface area contributed by atoms with Gasteiger partial charge < -0.3 is 36.7 Å². The number of aromatic amines is 1. The highest BCUT2D eigenvalue weighted by molar-refractivity contribution is 6.07. The average molecular weight is 578 g/mol. The Morgan fingerprint density at radius 1 is 1.02 bits per heavy atom. The zero-order valence-corrected chi connectivity index (χ0v) is 24.0. The molecule has 2 heterocycles. The van der Waals surface area contributed by atoms with Crippen molar-refractivity contribution in [1.29, 1.82) is 5.41 Å². The number of aromatic nitrogens is 1. The van der Waals surface area contributed by atoms with Gasteiger partial charge in [0.15, 0.2) is 5.96 Å². The van der Waals surface area contributed by atoms with E-state index >= 15 is 0 Å². The smallest absolute Gasteiger partial charge is 0.328 e. The van der Waals surface area contributed by atoms with Crippen LogP contribution in [0.3, 0.4) is 0 Å². The number of ether oxygens (including phenoxy) is 1. The Bertz CT molecular complexity index is 1480. The van der Waals surface area contributed by atoms with Gasteiger partial charge in [0.25, 0.3) is 0 Å². The zero-order valence-electron chi connectivity index (χ0n) is 24.0. The summed E-state index contributed by atoms with van der Waals surface area (Å²) in [5.74, 6) is -2.21. The van der Waals surface area contributed by atoms with Gasteiger partial charge in [-0.05, 0) is 67.5 Å². The van der Waals surface area contributed by atoms with Crippen LogP contribution in [0.2, 0.25) is 0 Å². The van der Waals surface area contributed by atoms with E-state index < -0.39 is 35.9 Å². The molecule has 42 heavy (non-hydrogen) atoms. The van der Waals surface area contributed by atoms with Crippen molar-refractivity contribution >= 4 is 51.5 Å². The van der Waals surface area contributed by atoms with Crippen LogP contribution in [0.25, 0.3) is 21.8 Å². The van der Waals surface area contributed by atoms with Crippen LogP contribution < -0.4 is 27.0 Å².